The van der Waals surface area contributed by atoms with Gasteiger partial charge in [-0.25, -0.2) is 0 Å². The molecule has 29 heavy (non-hydrogen) atoms. The van der Waals surface area contributed by atoms with Gasteiger partial charge in [0, 0.05) is 36.8 Å². The van der Waals surface area contributed by atoms with Gasteiger partial charge in [0.15, 0.2) is 5.78 Å². The number of rotatable bonds is 3. The smallest absolute Gasteiger partial charge is 0.270 e. The van der Waals surface area contributed by atoms with E-state index in [0.717, 1.165) is 68.8 Å². The highest BCUT2D eigenvalue weighted by Gasteiger charge is 2.31. The molecule has 2 aromatic rings. The fraction of sp³-hybridized carbons (Fsp3) is 0.500. The van der Waals surface area contributed by atoms with E-state index in [-0.39, 0.29) is 11.8 Å². The predicted molar refractivity (Wildman–Crippen MR) is 114 cm³/mol. The lowest BCUT2D eigenvalue weighted by atomic mass is 10.0. The number of likely N-dealkylation sites (tertiary alicyclic amines) is 1. The number of benzene rings is 1. The van der Waals surface area contributed by atoms with E-state index in [9.17, 15) is 9.59 Å². The molecule has 0 saturated carbocycles. The van der Waals surface area contributed by atoms with Crippen LogP contribution >= 0.6 is 0 Å². The maximum Gasteiger partial charge on any atom is 0.270 e. The van der Waals surface area contributed by atoms with Crippen molar-refractivity contribution in [1.82, 2.24) is 9.88 Å². The first-order valence-corrected chi connectivity index (χ1v) is 11.0. The summed E-state index contributed by atoms with van der Waals surface area (Å²) in [5.41, 5.74) is 5.10. The first-order chi connectivity index (χ1) is 14.0. The third-order valence-electron chi connectivity index (χ3n) is 6.91. The van der Waals surface area contributed by atoms with Crippen LogP contribution in [0.1, 0.15) is 65.1 Å². The SMILES string of the molecule is CC[C@H]1Cc2cc(N3CCCc4cc(C(=O)N5CCC(C)C5)[nH]c43)ccc2C1=O. The lowest BCUT2D eigenvalue weighted by Gasteiger charge is -2.29. The number of Topliss-reactive ketones (excluding diaryl/α,β-unsaturated/α-hetero) is 1. The number of carbonyl (C=O) groups is 2. The van der Waals surface area contributed by atoms with E-state index in [1.807, 2.05) is 11.0 Å². The number of ketones is 1. The van der Waals surface area contributed by atoms with Crippen LogP contribution in [0.25, 0.3) is 0 Å². The number of H-pyrrole nitrogens is 1. The maximum absolute atomic E-state index is 13.0. The van der Waals surface area contributed by atoms with Crippen LogP contribution < -0.4 is 4.90 Å². The number of hydrogen-bond acceptors (Lipinski definition) is 3. The van der Waals surface area contributed by atoms with Crippen molar-refractivity contribution in [3.63, 3.8) is 0 Å². The fourth-order valence-corrected chi connectivity index (χ4v) is 5.19. The normalized spacial score (nSPS) is 23.4. The van der Waals surface area contributed by atoms with Gasteiger partial charge in [-0.05, 0) is 73.4 Å². The van der Waals surface area contributed by atoms with E-state index >= 15 is 0 Å². The summed E-state index contributed by atoms with van der Waals surface area (Å²) in [5, 5.41) is 0. The van der Waals surface area contributed by atoms with E-state index in [1.54, 1.807) is 0 Å². The van der Waals surface area contributed by atoms with Crippen LogP contribution in [-0.2, 0) is 12.8 Å². The predicted octanol–water partition coefficient (Wildman–Crippen LogP) is 4.35. The Bertz CT molecular complexity index is 977. The molecule has 1 aromatic heterocycles. The van der Waals surface area contributed by atoms with Crippen molar-refractivity contribution in [1.29, 1.82) is 0 Å². The van der Waals surface area contributed by atoms with E-state index in [2.05, 4.69) is 41.9 Å². The van der Waals surface area contributed by atoms with Crippen LogP contribution in [0.5, 0.6) is 0 Å². The Labute approximate surface area is 172 Å². The average Bonchev–Trinajstić information content (AvgIpc) is 3.43. The Kier molecular flexibility index (Phi) is 4.49. The summed E-state index contributed by atoms with van der Waals surface area (Å²) >= 11 is 0. The number of nitrogens with one attached hydrogen (secondary N) is 1. The molecule has 152 valence electrons. The van der Waals surface area contributed by atoms with Crippen LogP contribution in [-0.4, -0.2) is 41.2 Å². The molecule has 1 fully saturated rings. The quantitative estimate of drug-likeness (QED) is 0.846. The minimum atomic E-state index is 0.119. The summed E-state index contributed by atoms with van der Waals surface area (Å²) in [4.78, 5) is 33.1. The van der Waals surface area contributed by atoms with Crippen LogP contribution in [0.2, 0.25) is 0 Å². The van der Waals surface area contributed by atoms with Crippen molar-refractivity contribution in [2.75, 3.05) is 24.5 Å². The number of carbonyl (C=O) groups excluding carboxylic acids is 2. The summed E-state index contributed by atoms with van der Waals surface area (Å²) in [6.07, 6.45) is 4.89. The van der Waals surface area contributed by atoms with Crippen molar-refractivity contribution in [2.45, 2.75) is 46.0 Å². The fourth-order valence-electron chi connectivity index (χ4n) is 5.19. The zero-order valence-electron chi connectivity index (χ0n) is 17.3. The molecule has 1 aromatic carbocycles. The van der Waals surface area contributed by atoms with Gasteiger partial charge in [0.05, 0.1) is 0 Å². The molecule has 5 heteroatoms. The molecule has 3 heterocycles. The van der Waals surface area contributed by atoms with Gasteiger partial charge in [-0.1, -0.05) is 13.8 Å². The summed E-state index contributed by atoms with van der Waals surface area (Å²) < 4.78 is 0. The standard InChI is InChI=1S/C24H29N3O2/c1-3-16-11-18-12-19(6-7-20(18)22(16)28)27-9-4-5-17-13-21(25-23(17)27)24(29)26-10-8-15(2)14-26/h6-7,12-13,15-16,25H,3-5,8-11,14H2,1-2H3/t15?,16-/m0/s1. The molecule has 3 aliphatic rings. The van der Waals surface area contributed by atoms with Crippen LogP contribution in [0.15, 0.2) is 24.3 Å². The molecular formula is C24H29N3O2. The van der Waals surface area contributed by atoms with E-state index in [0.29, 0.717) is 17.4 Å². The molecule has 1 unspecified atom stereocenters. The summed E-state index contributed by atoms with van der Waals surface area (Å²) in [6.45, 7) is 6.92. The Morgan fingerprint density at radius 1 is 1.21 bits per heavy atom. The number of amides is 1. The highest BCUT2D eigenvalue weighted by atomic mass is 16.2. The zero-order chi connectivity index (χ0) is 20.1. The second kappa shape index (κ2) is 7.05. The molecule has 5 nitrogen and oxygen atoms in total. The van der Waals surface area contributed by atoms with Crippen LogP contribution in [0.3, 0.4) is 0 Å². The molecule has 1 aliphatic carbocycles. The minimum absolute atomic E-state index is 0.119. The molecule has 5 rings (SSSR count). The van der Waals surface area contributed by atoms with Gasteiger partial charge in [-0.2, -0.15) is 0 Å². The van der Waals surface area contributed by atoms with Gasteiger partial charge in [0.25, 0.3) is 5.91 Å². The molecule has 2 atom stereocenters. The van der Waals surface area contributed by atoms with Gasteiger partial charge < -0.3 is 14.8 Å². The highest BCUT2D eigenvalue weighted by Crippen LogP contribution is 2.37. The molecule has 1 N–H and O–H groups in total. The van der Waals surface area contributed by atoms with Crippen molar-refractivity contribution in [2.24, 2.45) is 11.8 Å². The van der Waals surface area contributed by atoms with E-state index < -0.39 is 0 Å². The number of nitrogens with zero attached hydrogens (tertiary/aromatic N) is 2. The van der Waals surface area contributed by atoms with Gasteiger partial charge in [0.1, 0.15) is 11.5 Å². The minimum Gasteiger partial charge on any atom is -0.337 e. The lowest BCUT2D eigenvalue weighted by Crippen LogP contribution is -2.29. The van der Waals surface area contributed by atoms with Crippen molar-refractivity contribution in [3.8, 4) is 0 Å². The van der Waals surface area contributed by atoms with Gasteiger partial charge in [-0.3, -0.25) is 9.59 Å². The highest BCUT2D eigenvalue weighted by molar-refractivity contribution is 6.02. The van der Waals surface area contributed by atoms with Crippen molar-refractivity contribution >= 4 is 23.2 Å². The summed E-state index contributed by atoms with van der Waals surface area (Å²) in [7, 11) is 0. The van der Waals surface area contributed by atoms with E-state index in [1.165, 1.54) is 11.1 Å². The Morgan fingerprint density at radius 3 is 2.83 bits per heavy atom. The van der Waals surface area contributed by atoms with Gasteiger partial charge in [-0.15, -0.1) is 0 Å². The molecule has 1 saturated heterocycles. The number of aromatic amines is 1. The molecule has 0 spiro atoms. The molecule has 1 amide bonds. The van der Waals surface area contributed by atoms with Crippen molar-refractivity contribution in [3.05, 3.63) is 46.6 Å². The first-order valence-electron chi connectivity index (χ1n) is 11.0. The zero-order valence-corrected chi connectivity index (χ0v) is 17.3. The second-order valence-corrected chi connectivity index (χ2v) is 8.97. The molecular weight excluding hydrogens is 362 g/mol. The summed E-state index contributed by atoms with van der Waals surface area (Å²) in [5.74, 6) is 2.18. The number of fused-ring (bicyclic) bond motifs is 2. The largest absolute Gasteiger partial charge is 0.337 e. The molecule has 0 radical (unpaired) electrons. The van der Waals surface area contributed by atoms with Gasteiger partial charge in [0.2, 0.25) is 0 Å². The number of hydrogen-bond donors (Lipinski definition) is 1. The van der Waals surface area contributed by atoms with Crippen LogP contribution in [0.4, 0.5) is 11.5 Å². The topological polar surface area (TPSA) is 56.4 Å². The number of aryl methyl sites for hydroxylation is 1. The van der Waals surface area contributed by atoms with Crippen LogP contribution in [0, 0.1) is 11.8 Å². The maximum atomic E-state index is 13.0. The Balaban J connectivity index is 1.44. The second-order valence-electron chi connectivity index (χ2n) is 8.97. The number of anilines is 2. The molecule has 2 aliphatic heterocycles. The third kappa shape index (κ3) is 3.07. The molecule has 0 bridgehead atoms. The van der Waals surface area contributed by atoms with E-state index in [4.69, 9.17) is 0 Å². The van der Waals surface area contributed by atoms with Crippen molar-refractivity contribution < 1.29 is 9.59 Å². The Morgan fingerprint density at radius 2 is 2.07 bits per heavy atom. The first kappa shape index (κ1) is 18.5. The third-order valence-corrected chi connectivity index (χ3v) is 6.91. The lowest BCUT2D eigenvalue weighted by molar-refractivity contribution is 0.0782. The monoisotopic (exact) mass is 391 g/mol. The van der Waals surface area contributed by atoms with Gasteiger partial charge >= 0.3 is 0 Å². The average molecular weight is 392 g/mol. The summed E-state index contributed by atoms with van der Waals surface area (Å²) in [6, 6.07) is 8.30. The Hall–Kier alpha value is -2.56. The number of aromatic nitrogens is 1.